The zero-order valence-corrected chi connectivity index (χ0v) is 9.14. The molecule has 4 heteroatoms. The van der Waals surface area contributed by atoms with Crippen LogP contribution < -0.4 is 0 Å². The van der Waals surface area contributed by atoms with Crippen molar-refractivity contribution in [2.45, 2.75) is 13.8 Å². The highest BCUT2D eigenvalue weighted by Gasteiger charge is 2.08. The predicted molar refractivity (Wildman–Crippen MR) is 60.2 cm³/mol. The van der Waals surface area contributed by atoms with Crippen molar-refractivity contribution in [3.63, 3.8) is 0 Å². The van der Waals surface area contributed by atoms with Gasteiger partial charge in [0.15, 0.2) is 11.5 Å². The fourth-order valence-corrected chi connectivity index (χ4v) is 1.64. The molecule has 0 N–H and O–H groups in total. The van der Waals surface area contributed by atoms with Crippen LogP contribution in [0.15, 0.2) is 34.9 Å². The first-order chi connectivity index (χ1) is 7.72. The first kappa shape index (κ1) is 9.15. The average Bonchev–Trinajstić information content (AvgIpc) is 2.75. The highest BCUT2D eigenvalue weighted by molar-refractivity contribution is 5.58. The lowest BCUT2D eigenvalue weighted by Crippen LogP contribution is -1.83. The normalized spacial score (nSPS) is 11.1. The predicted octanol–water partition coefficient (Wildman–Crippen LogP) is 2.61. The van der Waals surface area contributed by atoms with Crippen molar-refractivity contribution in [3.8, 4) is 11.4 Å². The molecule has 0 aliphatic heterocycles. The third-order valence-corrected chi connectivity index (χ3v) is 2.47. The maximum absolute atomic E-state index is 5.34. The third kappa shape index (κ3) is 1.39. The van der Waals surface area contributed by atoms with Gasteiger partial charge in [0.25, 0.3) is 0 Å². The van der Waals surface area contributed by atoms with Gasteiger partial charge in [-0.3, -0.25) is 0 Å². The Balaban J connectivity index is 2.11. The number of benzene rings is 1. The fraction of sp³-hybridized carbons (Fsp3) is 0.167. The molecule has 2 aromatic heterocycles. The molecule has 0 amide bonds. The number of rotatable bonds is 1. The molecule has 0 unspecified atom stereocenters. The average molecular weight is 213 g/mol. The quantitative estimate of drug-likeness (QED) is 0.624. The molecule has 16 heavy (non-hydrogen) atoms. The van der Waals surface area contributed by atoms with Crippen molar-refractivity contribution < 1.29 is 4.52 Å². The molecule has 3 rings (SSSR count). The summed E-state index contributed by atoms with van der Waals surface area (Å²) in [5, 5.41) is 4.27. The Labute approximate surface area is 92.5 Å². The van der Waals surface area contributed by atoms with Crippen LogP contribution in [-0.2, 0) is 0 Å². The van der Waals surface area contributed by atoms with Gasteiger partial charge in [0.2, 0.25) is 0 Å². The zero-order valence-electron chi connectivity index (χ0n) is 9.14. The van der Waals surface area contributed by atoms with Crippen LogP contribution in [0.25, 0.3) is 17.0 Å². The first-order valence-electron chi connectivity index (χ1n) is 5.13. The van der Waals surface area contributed by atoms with Gasteiger partial charge in [0.05, 0.1) is 0 Å². The first-order valence-corrected chi connectivity index (χ1v) is 5.13. The van der Waals surface area contributed by atoms with Crippen LogP contribution in [0.1, 0.15) is 11.3 Å². The van der Waals surface area contributed by atoms with Crippen LogP contribution in [0.5, 0.6) is 0 Å². The van der Waals surface area contributed by atoms with Gasteiger partial charge in [0.1, 0.15) is 5.76 Å². The van der Waals surface area contributed by atoms with Gasteiger partial charge in [0, 0.05) is 11.6 Å². The minimum atomic E-state index is 0.693. The van der Waals surface area contributed by atoms with E-state index in [9.17, 15) is 0 Å². The molecule has 0 fully saturated rings. The van der Waals surface area contributed by atoms with E-state index in [2.05, 4.69) is 17.0 Å². The van der Waals surface area contributed by atoms with Crippen molar-refractivity contribution in [1.29, 1.82) is 0 Å². The number of aromatic nitrogens is 3. The number of hydrogen-bond acceptors (Lipinski definition) is 3. The molecule has 2 heterocycles. The summed E-state index contributed by atoms with van der Waals surface area (Å²) in [6.45, 7) is 3.93. The van der Waals surface area contributed by atoms with Crippen LogP contribution >= 0.6 is 0 Å². The molecule has 0 atom stereocenters. The molecule has 0 bridgehead atoms. The topological polar surface area (TPSA) is 43.3 Å². The molecule has 0 radical (unpaired) electrons. The van der Waals surface area contributed by atoms with E-state index in [1.165, 1.54) is 10.3 Å². The van der Waals surface area contributed by atoms with Crippen molar-refractivity contribution in [1.82, 2.24) is 14.8 Å². The van der Waals surface area contributed by atoms with E-state index in [1.807, 2.05) is 37.3 Å². The van der Waals surface area contributed by atoms with Crippen molar-refractivity contribution in [2.24, 2.45) is 0 Å². The van der Waals surface area contributed by atoms with E-state index in [1.54, 1.807) is 0 Å². The molecule has 4 nitrogen and oxygen atoms in total. The molecular formula is C12H11N3O. The van der Waals surface area contributed by atoms with Crippen molar-refractivity contribution in [2.75, 3.05) is 0 Å². The van der Waals surface area contributed by atoms with Gasteiger partial charge >= 0.3 is 0 Å². The molecule has 0 aliphatic carbocycles. The summed E-state index contributed by atoms with van der Waals surface area (Å²) >= 11 is 0. The summed E-state index contributed by atoms with van der Waals surface area (Å²) in [4.78, 5) is 4.39. The Kier molecular flexibility index (Phi) is 1.83. The van der Waals surface area contributed by atoms with Gasteiger partial charge in [-0.25, -0.2) is 4.98 Å². The molecule has 1 aromatic carbocycles. The van der Waals surface area contributed by atoms with Gasteiger partial charge in [-0.1, -0.05) is 34.5 Å². The molecule has 80 valence electrons. The summed E-state index contributed by atoms with van der Waals surface area (Å²) in [6.07, 6.45) is 0. The summed E-state index contributed by atoms with van der Waals surface area (Å²) in [6, 6.07) is 9.98. The minimum Gasteiger partial charge on any atom is -0.361 e. The van der Waals surface area contributed by atoms with E-state index in [0.29, 0.717) is 5.82 Å². The van der Waals surface area contributed by atoms with E-state index < -0.39 is 0 Å². The summed E-state index contributed by atoms with van der Waals surface area (Å²) in [5.74, 6) is 1.50. The van der Waals surface area contributed by atoms with Gasteiger partial charge < -0.3 is 4.52 Å². The monoisotopic (exact) mass is 213 g/mol. The second kappa shape index (κ2) is 3.20. The second-order valence-corrected chi connectivity index (χ2v) is 3.88. The maximum atomic E-state index is 5.34. The summed E-state index contributed by atoms with van der Waals surface area (Å²) in [5.41, 5.74) is 2.97. The van der Waals surface area contributed by atoms with Crippen LogP contribution in [0.2, 0.25) is 0 Å². The Morgan fingerprint density at radius 1 is 1.12 bits per heavy atom. The van der Waals surface area contributed by atoms with Gasteiger partial charge in [-0.15, -0.1) is 5.10 Å². The van der Waals surface area contributed by atoms with E-state index in [0.717, 1.165) is 17.0 Å². The number of hydrogen-bond donors (Lipinski definition) is 0. The lowest BCUT2D eigenvalue weighted by molar-refractivity contribution is 0.322. The van der Waals surface area contributed by atoms with Gasteiger partial charge in [-0.2, -0.15) is 0 Å². The summed E-state index contributed by atoms with van der Waals surface area (Å²) < 4.78 is 6.79. The van der Waals surface area contributed by atoms with E-state index in [4.69, 9.17) is 4.52 Å². The maximum Gasteiger partial charge on any atom is 0.196 e. The Hall–Kier alpha value is -2.10. The third-order valence-electron chi connectivity index (χ3n) is 2.47. The lowest BCUT2D eigenvalue weighted by atomic mass is 10.1. The fourth-order valence-electron chi connectivity index (χ4n) is 1.64. The summed E-state index contributed by atoms with van der Waals surface area (Å²) in [7, 11) is 0. The van der Waals surface area contributed by atoms with Crippen molar-refractivity contribution in [3.05, 3.63) is 41.7 Å². The van der Waals surface area contributed by atoms with Gasteiger partial charge in [-0.05, 0) is 13.8 Å². The highest BCUT2D eigenvalue weighted by Crippen LogP contribution is 2.17. The highest BCUT2D eigenvalue weighted by atomic mass is 16.5. The number of aryl methyl sites for hydroxylation is 2. The van der Waals surface area contributed by atoms with E-state index in [-0.39, 0.29) is 0 Å². The standard InChI is InChI=1S/C12H11N3O/c1-8-3-5-10(6-4-8)12-13-11-7-9(2)16-15(11)14-12/h3-7H,1-2H3. The largest absolute Gasteiger partial charge is 0.361 e. The van der Waals surface area contributed by atoms with Crippen LogP contribution in [-0.4, -0.2) is 14.8 Å². The number of fused-ring (bicyclic) bond motifs is 1. The second-order valence-electron chi connectivity index (χ2n) is 3.88. The number of nitrogens with zero attached hydrogens (tertiary/aromatic N) is 3. The zero-order chi connectivity index (χ0) is 11.1. The van der Waals surface area contributed by atoms with Crippen LogP contribution in [0.4, 0.5) is 0 Å². The van der Waals surface area contributed by atoms with Crippen LogP contribution in [0.3, 0.4) is 0 Å². The molecular weight excluding hydrogens is 202 g/mol. The minimum absolute atomic E-state index is 0.693. The Morgan fingerprint density at radius 3 is 2.56 bits per heavy atom. The smallest absolute Gasteiger partial charge is 0.196 e. The Bertz CT molecular complexity index is 602. The molecule has 0 aliphatic rings. The van der Waals surface area contributed by atoms with E-state index >= 15 is 0 Å². The lowest BCUT2D eigenvalue weighted by Gasteiger charge is -1.94. The molecule has 0 spiro atoms. The molecule has 0 saturated heterocycles. The SMILES string of the molecule is Cc1ccc(-c2nc3cc(C)on3n2)cc1. The van der Waals surface area contributed by atoms with Crippen LogP contribution in [0, 0.1) is 13.8 Å². The molecule has 0 saturated carbocycles. The molecule has 3 aromatic rings. The Morgan fingerprint density at radius 2 is 1.88 bits per heavy atom. The van der Waals surface area contributed by atoms with Crippen molar-refractivity contribution >= 4 is 5.65 Å².